The van der Waals surface area contributed by atoms with Crippen molar-refractivity contribution < 1.29 is 19.4 Å². The van der Waals surface area contributed by atoms with Gasteiger partial charge in [-0.15, -0.1) is 6.58 Å². The molecule has 1 aliphatic heterocycles. The van der Waals surface area contributed by atoms with Gasteiger partial charge in [0.2, 0.25) is 0 Å². The van der Waals surface area contributed by atoms with Crippen molar-refractivity contribution in [3.8, 4) is 0 Å². The van der Waals surface area contributed by atoms with E-state index in [0.717, 1.165) is 12.8 Å². The average Bonchev–Trinajstić information content (AvgIpc) is 2.51. The van der Waals surface area contributed by atoms with Crippen molar-refractivity contribution >= 4 is 5.97 Å². The number of unbranched alkanes of at least 4 members (excludes halogenated alkanes) is 1. The van der Waals surface area contributed by atoms with E-state index in [4.69, 9.17) is 9.47 Å². The van der Waals surface area contributed by atoms with Crippen molar-refractivity contribution in [2.24, 2.45) is 11.3 Å². The molecule has 0 amide bonds. The van der Waals surface area contributed by atoms with Crippen molar-refractivity contribution in [2.75, 3.05) is 13.2 Å². The Kier molecular flexibility index (Phi) is 4.33. The molecule has 1 aliphatic rings. The molecule has 3 atom stereocenters. The van der Waals surface area contributed by atoms with Crippen LogP contribution < -0.4 is 0 Å². The summed E-state index contributed by atoms with van der Waals surface area (Å²) in [5, 5.41) is 10.1. The summed E-state index contributed by atoms with van der Waals surface area (Å²) in [6.45, 7) is 9.73. The van der Waals surface area contributed by atoms with Crippen molar-refractivity contribution in [3.05, 3.63) is 12.7 Å². The minimum Gasteiger partial charge on any atom is -0.465 e. The van der Waals surface area contributed by atoms with Crippen LogP contribution in [0.5, 0.6) is 0 Å². The molecule has 4 heteroatoms. The topological polar surface area (TPSA) is 55.8 Å². The van der Waals surface area contributed by atoms with E-state index >= 15 is 0 Å². The summed E-state index contributed by atoms with van der Waals surface area (Å²) in [6.07, 6.45) is 3.44. The summed E-state index contributed by atoms with van der Waals surface area (Å²) in [4.78, 5) is 12.0. The van der Waals surface area contributed by atoms with Gasteiger partial charge in [0.25, 0.3) is 0 Å². The Bertz CT molecular complexity index is 298. The van der Waals surface area contributed by atoms with Crippen LogP contribution in [0.15, 0.2) is 12.7 Å². The minimum absolute atomic E-state index is 0.275. The molecule has 17 heavy (non-hydrogen) atoms. The lowest BCUT2D eigenvalue weighted by molar-refractivity contribution is -0.197. The van der Waals surface area contributed by atoms with Crippen molar-refractivity contribution in [1.29, 1.82) is 0 Å². The second-order valence-electron chi connectivity index (χ2n) is 5.01. The second kappa shape index (κ2) is 5.19. The van der Waals surface area contributed by atoms with Gasteiger partial charge in [0.15, 0.2) is 5.79 Å². The number of carbonyl (C=O) groups is 1. The largest absolute Gasteiger partial charge is 0.465 e. The molecule has 0 bridgehead atoms. The minimum atomic E-state index is -1.48. The fraction of sp³-hybridized carbons (Fsp3) is 0.769. The van der Waals surface area contributed by atoms with Crippen LogP contribution in [0.1, 0.15) is 33.6 Å². The molecule has 1 heterocycles. The monoisotopic (exact) mass is 242 g/mol. The summed E-state index contributed by atoms with van der Waals surface area (Å²) in [7, 11) is 0. The van der Waals surface area contributed by atoms with Crippen LogP contribution in [0.4, 0.5) is 0 Å². The highest BCUT2D eigenvalue weighted by Crippen LogP contribution is 2.45. The molecule has 0 aromatic carbocycles. The van der Waals surface area contributed by atoms with Gasteiger partial charge in [0.05, 0.1) is 13.2 Å². The zero-order valence-corrected chi connectivity index (χ0v) is 10.9. The maximum Gasteiger partial charge on any atom is 0.315 e. The fourth-order valence-electron chi connectivity index (χ4n) is 2.15. The summed E-state index contributed by atoms with van der Waals surface area (Å²) in [5.74, 6) is -2.61. The summed E-state index contributed by atoms with van der Waals surface area (Å²) in [6, 6.07) is 0. The first-order valence-electron chi connectivity index (χ1n) is 6.04. The summed E-state index contributed by atoms with van der Waals surface area (Å²) in [5.41, 5.74) is -0.577. The number of rotatable bonds is 5. The van der Waals surface area contributed by atoms with Crippen LogP contribution in [-0.2, 0) is 14.3 Å². The molecule has 1 saturated heterocycles. The van der Waals surface area contributed by atoms with E-state index in [1.807, 2.05) is 13.8 Å². The standard InChI is InChI=1S/C13H22O4/c1-5-7-8-16-11(14)10-12(3,6-2)9-17-13(10,4)15/h6,10,15H,2,5,7-9H2,1,3-4H3/t10?,12-,13?/m1/s1. The number of aliphatic hydroxyl groups is 1. The van der Waals surface area contributed by atoms with Crippen LogP contribution in [-0.4, -0.2) is 30.1 Å². The van der Waals surface area contributed by atoms with Gasteiger partial charge in [-0.2, -0.15) is 0 Å². The van der Waals surface area contributed by atoms with Crippen molar-refractivity contribution in [1.82, 2.24) is 0 Å². The zero-order valence-electron chi connectivity index (χ0n) is 10.9. The Morgan fingerprint density at radius 3 is 2.82 bits per heavy atom. The third kappa shape index (κ3) is 2.87. The first-order chi connectivity index (χ1) is 7.87. The van der Waals surface area contributed by atoms with Crippen molar-refractivity contribution in [2.45, 2.75) is 39.4 Å². The van der Waals surface area contributed by atoms with E-state index in [9.17, 15) is 9.90 Å². The smallest absolute Gasteiger partial charge is 0.315 e. The predicted molar refractivity (Wildman–Crippen MR) is 64.2 cm³/mol. The van der Waals surface area contributed by atoms with Crippen LogP contribution >= 0.6 is 0 Å². The van der Waals surface area contributed by atoms with E-state index in [-0.39, 0.29) is 6.61 Å². The highest BCUT2D eigenvalue weighted by atomic mass is 16.6. The number of ether oxygens (including phenoxy) is 2. The summed E-state index contributed by atoms with van der Waals surface area (Å²) >= 11 is 0. The molecule has 1 N–H and O–H groups in total. The highest BCUT2D eigenvalue weighted by molar-refractivity contribution is 5.75. The lowest BCUT2D eigenvalue weighted by atomic mass is 9.76. The first kappa shape index (κ1) is 14.2. The maximum atomic E-state index is 12.0. The van der Waals surface area contributed by atoms with E-state index in [0.29, 0.717) is 6.61 Å². The van der Waals surface area contributed by atoms with Crippen molar-refractivity contribution in [3.63, 3.8) is 0 Å². The molecule has 98 valence electrons. The Hall–Kier alpha value is -0.870. The van der Waals surface area contributed by atoms with Gasteiger partial charge in [-0.05, 0) is 13.3 Å². The van der Waals surface area contributed by atoms with Gasteiger partial charge in [-0.3, -0.25) is 4.79 Å². The fourth-order valence-corrected chi connectivity index (χ4v) is 2.15. The predicted octanol–water partition coefficient (Wildman–Crippen LogP) is 1.88. The van der Waals surface area contributed by atoms with Crippen LogP contribution in [0.25, 0.3) is 0 Å². The van der Waals surface area contributed by atoms with Gasteiger partial charge in [0, 0.05) is 5.41 Å². The number of esters is 1. The summed E-state index contributed by atoms with van der Waals surface area (Å²) < 4.78 is 10.4. The molecule has 0 aromatic rings. The normalized spacial score (nSPS) is 36.8. The lowest BCUT2D eigenvalue weighted by Gasteiger charge is -2.29. The Balaban J connectivity index is 2.76. The molecule has 1 fully saturated rings. The SMILES string of the molecule is C=C[C@]1(C)COC(C)(O)C1C(=O)OCCCC. The Labute approximate surface area is 103 Å². The quantitative estimate of drug-likeness (QED) is 0.454. The van der Waals surface area contributed by atoms with Gasteiger partial charge in [0.1, 0.15) is 5.92 Å². The highest BCUT2D eigenvalue weighted by Gasteiger charge is 2.56. The Morgan fingerprint density at radius 1 is 1.65 bits per heavy atom. The number of hydrogen-bond donors (Lipinski definition) is 1. The third-order valence-corrected chi connectivity index (χ3v) is 3.31. The average molecular weight is 242 g/mol. The molecule has 0 spiro atoms. The van der Waals surface area contributed by atoms with Crippen LogP contribution in [0.3, 0.4) is 0 Å². The van der Waals surface area contributed by atoms with Gasteiger partial charge >= 0.3 is 5.97 Å². The molecule has 0 saturated carbocycles. The first-order valence-corrected chi connectivity index (χ1v) is 6.04. The zero-order chi connectivity index (χ0) is 13.1. The molecule has 0 aromatic heterocycles. The van der Waals surface area contributed by atoms with E-state index < -0.39 is 23.1 Å². The number of hydrogen-bond acceptors (Lipinski definition) is 4. The van der Waals surface area contributed by atoms with E-state index in [1.54, 1.807) is 6.08 Å². The third-order valence-electron chi connectivity index (χ3n) is 3.31. The van der Waals surface area contributed by atoms with Crippen LogP contribution in [0, 0.1) is 11.3 Å². The van der Waals surface area contributed by atoms with E-state index in [1.165, 1.54) is 6.92 Å². The lowest BCUT2D eigenvalue weighted by Crippen LogP contribution is -2.43. The molecule has 0 aliphatic carbocycles. The molecule has 2 unspecified atom stereocenters. The van der Waals surface area contributed by atoms with E-state index in [2.05, 4.69) is 6.58 Å². The molecular weight excluding hydrogens is 220 g/mol. The van der Waals surface area contributed by atoms with Gasteiger partial charge in [-0.25, -0.2) is 0 Å². The molecular formula is C13H22O4. The number of carbonyl (C=O) groups excluding carboxylic acids is 1. The molecule has 0 radical (unpaired) electrons. The second-order valence-corrected chi connectivity index (χ2v) is 5.01. The van der Waals surface area contributed by atoms with Gasteiger partial charge in [-0.1, -0.05) is 26.3 Å². The van der Waals surface area contributed by atoms with Crippen LogP contribution in [0.2, 0.25) is 0 Å². The Morgan fingerprint density at radius 2 is 2.29 bits per heavy atom. The molecule has 4 nitrogen and oxygen atoms in total. The molecule has 1 rings (SSSR count). The van der Waals surface area contributed by atoms with Gasteiger partial charge < -0.3 is 14.6 Å². The maximum absolute atomic E-state index is 12.0.